The van der Waals surface area contributed by atoms with Gasteiger partial charge in [0.2, 0.25) is 0 Å². The smallest absolute Gasteiger partial charge is 0.323 e. The second kappa shape index (κ2) is 9.35. The first-order chi connectivity index (χ1) is 16.2. The van der Waals surface area contributed by atoms with Gasteiger partial charge in [0.15, 0.2) is 5.60 Å². The molecule has 2 heterocycles. The van der Waals surface area contributed by atoms with E-state index in [0.29, 0.717) is 11.1 Å². The lowest BCUT2D eigenvalue weighted by molar-refractivity contribution is -0.207. The van der Waals surface area contributed by atoms with Crippen LogP contribution < -0.4 is 4.74 Å². The van der Waals surface area contributed by atoms with E-state index in [1.54, 1.807) is 24.3 Å². The van der Waals surface area contributed by atoms with Crippen molar-refractivity contribution in [1.29, 1.82) is 0 Å². The standard InChI is InChI=1S/C22H16ClF4N5O2/c23-15-3-1-14(2-4-15)11-34-17-6-8-20(28-10-17)22(26,27)21(33,12-32-13-29-30-31-32)18-7-5-16(24)9-19(18)25/h1-10,13,33H,11-12H2. The largest absolute Gasteiger partial charge is 0.487 e. The van der Waals surface area contributed by atoms with Crippen LogP contribution in [0.5, 0.6) is 5.75 Å². The third-order valence-electron chi connectivity index (χ3n) is 5.06. The van der Waals surface area contributed by atoms with E-state index < -0.39 is 41.0 Å². The SMILES string of the molecule is OC(Cn1cnnn1)(c1ccc(F)cc1F)C(F)(F)c1ccc(OCc2ccc(Cl)cc2)cn1. The van der Waals surface area contributed by atoms with Crippen LogP contribution in [0.1, 0.15) is 16.8 Å². The third kappa shape index (κ3) is 4.70. The van der Waals surface area contributed by atoms with Gasteiger partial charge in [-0.15, -0.1) is 5.10 Å². The van der Waals surface area contributed by atoms with Crippen molar-refractivity contribution >= 4 is 11.6 Å². The van der Waals surface area contributed by atoms with Gasteiger partial charge < -0.3 is 9.84 Å². The highest BCUT2D eigenvalue weighted by molar-refractivity contribution is 6.30. The van der Waals surface area contributed by atoms with Gasteiger partial charge >= 0.3 is 5.92 Å². The number of ether oxygens (including phenoxy) is 1. The van der Waals surface area contributed by atoms with E-state index in [9.17, 15) is 13.9 Å². The van der Waals surface area contributed by atoms with Crippen LogP contribution in [0, 0.1) is 11.6 Å². The Morgan fingerprint density at radius 3 is 2.41 bits per heavy atom. The normalized spacial score (nSPS) is 13.5. The van der Waals surface area contributed by atoms with E-state index in [2.05, 4.69) is 20.5 Å². The van der Waals surface area contributed by atoms with Crippen LogP contribution in [0.25, 0.3) is 0 Å². The van der Waals surface area contributed by atoms with Crippen LogP contribution >= 0.6 is 11.6 Å². The summed E-state index contributed by atoms with van der Waals surface area (Å²) in [5, 5.41) is 21.8. The van der Waals surface area contributed by atoms with Crippen LogP contribution in [-0.4, -0.2) is 30.3 Å². The predicted molar refractivity (Wildman–Crippen MR) is 112 cm³/mol. The molecule has 0 aliphatic rings. The van der Waals surface area contributed by atoms with Crippen molar-refractivity contribution in [2.75, 3.05) is 0 Å². The van der Waals surface area contributed by atoms with E-state index in [1.807, 2.05) is 0 Å². The van der Waals surface area contributed by atoms with Gasteiger partial charge in [0.05, 0.1) is 12.7 Å². The Labute approximate surface area is 195 Å². The Morgan fingerprint density at radius 2 is 1.79 bits per heavy atom. The fourth-order valence-corrected chi connectivity index (χ4v) is 3.40. The Kier molecular flexibility index (Phi) is 6.49. The molecular weight excluding hydrogens is 478 g/mol. The van der Waals surface area contributed by atoms with Gasteiger partial charge in [0, 0.05) is 16.7 Å². The molecule has 2 aromatic heterocycles. The van der Waals surface area contributed by atoms with Gasteiger partial charge in [-0.05, 0) is 52.4 Å². The molecule has 2 aromatic carbocycles. The lowest BCUT2D eigenvalue weighted by Gasteiger charge is -2.35. The fraction of sp³-hybridized carbons (Fsp3) is 0.182. The number of alkyl halides is 2. The van der Waals surface area contributed by atoms with Crippen LogP contribution in [0.2, 0.25) is 5.02 Å². The van der Waals surface area contributed by atoms with E-state index >= 15 is 8.78 Å². The highest BCUT2D eigenvalue weighted by atomic mass is 35.5. The summed E-state index contributed by atoms with van der Waals surface area (Å²) in [6.45, 7) is -0.801. The van der Waals surface area contributed by atoms with Gasteiger partial charge in [-0.1, -0.05) is 23.7 Å². The molecule has 0 fully saturated rings. The highest BCUT2D eigenvalue weighted by Crippen LogP contribution is 2.46. The molecule has 12 heteroatoms. The maximum atomic E-state index is 15.7. The van der Waals surface area contributed by atoms with E-state index in [-0.39, 0.29) is 12.4 Å². The zero-order valence-corrected chi connectivity index (χ0v) is 18.0. The number of aliphatic hydroxyl groups is 1. The summed E-state index contributed by atoms with van der Waals surface area (Å²) >= 11 is 5.84. The average Bonchev–Trinajstić information content (AvgIpc) is 3.31. The van der Waals surface area contributed by atoms with Crippen LogP contribution in [0.15, 0.2) is 67.1 Å². The zero-order valence-electron chi connectivity index (χ0n) is 17.2. The summed E-state index contributed by atoms with van der Waals surface area (Å²) in [7, 11) is 0. The third-order valence-corrected chi connectivity index (χ3v) is 5.31. The molecule has 4 aromatic rings. The lowest BCUT2D eigenvalue weighted by Crippen LogP contribution is -2.48. The van der Waals surface area contributed by atoms with Gasteiger partial charge in [-0.25, -0.2) is 13.5 Å². The van der Waals surface area contributed by atoms with Crippen molar-refractivity contribution in [3.63, 3.8) is 0 Å². The monoisotopic (exact) mass is 493 g/mol. The summed E-state index contributed by atoms with van der Waals surface area (Å²) in [5.41, 5.74) is -4.13. The van der Waals surface area contributed by atoms with Crippen molar-refractivity contribution < 1.29 is 27.4 Å². The molecule has 4 rings (SSSR count). The van der Waals surface area contributed by atoms with Crippen LogP contribution in [0.4, 0.5) is 17.6 Å². The lowest BCUT2D eigenvalue weighted by atomic mass is 9.84. The second-order valence-corrected chi connectivity index (χ2v) is 7.80. The van der Waals surface area contributed by atoms with Gasteiger partial charge in [0.1, 0.15) is 36.0 Å². The molecule has 34 heavy (non-hydrogen) atoms. The molecule has 7 nitrogen and oxygen atoms in total. The molecule has 0 aliphatic carbocycles. The molecule has 1 unspecified atom stereocenters. The molecule has 1 N–H and O–H groups in total. The Balaban J connectivity index is 1.63. The van der Waals surface area contributed by atoms with E-state index in [4.69, 9.17) is 16.3 Å². The number of halogens is 5. The minimum absolute atomic E-state index is 0.138. The van der Waals surface area contributed by atoms with Gasteiger partial charge in [-0.2, -0.15) is 8.78 Å². The molecule has 1 atom stereocenters. The quantitative estimate of drug-likeness (QED) is 0.369. The van der Waals surface area contributed by atoms with E-state index in [0.717, 1.165) is 41.0 Å². The second-order valence-electron chi connectivity index (χ2n) is 7.36. The van der Waals surface area contributed by atoms with Crippen molar-refractivity contribution in [3.8, 4) is 5.75 Å². The average molecular weight is 494 g/mol. The number of benzene rings is 2. The molecule has 0 amide bonds. The first-order valence-corrected chi connectivity index (χ1v) is 10.2. The van der Waals surface area contributed by atoms with Crippen molar-refractivity contribution in [1.82, 2.24) is 25.2 Å². The predicted octanol–water partition coefficient (Wildman–Crippen LogP) is 4.26. The fourth-order valence-electron chi connectivity index (χ4n) is 3.28. The Hall–Kier alpha value is -3.57. The van der Waals surface area contributed by atoms with Crippen LogP contribution in [-0.2, 0) is 24.7 Å². The molecule has 0 saturated carbocycles. The number of rotatable bonds is 8. The summed E-state index contributed by atoms with van der Waals surface area (Å²) in [4.78, 5) is 3.73. The first kappa shape index (κ1) is 23.6. The van der Waals surface area contributed by atoms with Crippen molar-refractivity contribution in [3.05, 3.63) is 101 Å². The number of nitrogens with zero attached hydrogens (tertiary/aromatic N) is 5. The summed E-state index contributed by atoms with van der Waals surface area (Å²) < 4.78 is 65.6. The zero-order chi connectivity index (χ0) is 24.3. The molecular formula is C22H16ClF4N5O2. The molecule has 0 bridgehead atoms. The molecule has 0 radical (unpaired) electrons. The van der Waals surface area contributed by atoms with Gasteiger partial charge in [-0.3, -0.25) is 4.98 Å². The molecule has 0 aliphatic heterocycles. The number of pyridine rings is 1. The summed E-state index contributed by atoms with van der Waals surface area (Å²) in [6, 6.07) is 10.9. The molecule has 176 valence electrons. The van der Waals surface area contributed by atoms with E-state index in [1.165, 1.54) is 6.07 Å². The summed E-state index contributed by atoms with van der Waals surface area (Å²) in [5.74, 6) is -6.31. The summed E-state index contributed by atoms with van der Waals surface area (Å²) in [6.07, 6.45) is 2.03. The highest BCUT2D eigenvalue weighted by Gasteiger charge is 2.58. The molecule has 0 saturated heterocycles. The minimum atomic E-state index is -4.15. The van der Waals surface area contributed by atoms with Crippen LogP contribution in [0.3, 0.4) is 0 Å². The number of hydrogen-bond donors (Lipinski definition) is 1. The topological polar surface area (TPSA) is 86.0 Å². The minimum Gasteiger partial charge on any atom is -0.487 e. The number of hydrogen-bond acceptors (Lipinski definition) is 6. The Bertz CT molecular complexity index is 1260. The molecule has 0 spiro atoms. The van der Waals surface area contributed by atoms with Crippen molar-refractivity contribution in [2.45, 2.75) is 24.7 Å². The Morgan fingerprint density at radius 1 is 1.03 bits per heavy atom. The first-order valence-electron chi connectivity index (χ1n) is 9.79. The maximum Gasteiger partial charge on any atom is 0.323 e. The number of tetrazole rings is 1. The van der Waals surface area contributed by atoms with Crippen molar-refractivity contribution in [2.24, 2.45) is 0 Å². The van der Waals surface area contributed by atoms with Gasteiger partial charge in [0.25, 0.3) is 0 Å². The number of aromatic nitrogens is 5. The maximum absolute atomic E-state index is 15.7.